The van der Waals surface area contributed by atoms with Crippen molar-refractivity contribution in [2.24, 2.45) is 0 Å². The van der Waals surface area contributed by atoms with E-state index < -0.39 is 5.97 Å². The zero-order valence-corrected chi connectivity index (χ0v) is 10.3. The van der Waals surface area contributed by atoms with E-state index in [-0.39, 0.29) is 18.9 Å². The summed E-state index contributed by atoms with van der Waals surface area (Å²) >= 11 is 1.46. The number of amides is 1. The molecule has 0 unspecified atom stereocenters. The van der Waals surface area contributed by atoms with Gasteiger partial charge in [-0.2, -0.15) is 0 Å². The summed E-state index contributed by atoms with van der Waals surface area (Å²) in [6, 6.07) is 0. The fraction of sp³-hybridized carbons (Fsp3) is 0.500. The van der Waals surface area contributed by atoms with E-state index in [0.717, 1.165) is 9.88 Å². The highest BCUT2D eigenvalue weighted by Crippen LogP contribution is 2.17. The minimum atomic E-state index is -0.911. The molecule has 0 spiro atoms. The van der Waals surface area contributed by atoms with Crippen molar-refractivity contribution in [3.8, 4) is 0 Å². The van der Waals surface area contributed by atoms with Gasteiger partial charge in [-0.1, -0.05) is 0 Å². The summed E-state index contributed by atoms with van der Waals surface area (Å²) in [6.07, 6.45) is -0.0512. The molecule has 0 radical (unpaired) electrons. The third kappa shape index (κ3) is 3.03. The standard InChI is InChI=1S/C10H14N2O3S/c1-6-9(11-7(2)16-6)10(15)12(3)5-4-8(13)14/h4-5H2,1-3H3,(H,13,14). The molecule has 0 fully saturated rings. The SMILES string of the molecule is Cc1nc(C(=O)N(C)CCC(=O)O)c(C)s1. The second-order valence-electron chi connectivity index (χ2n) is 3.51. The topological polar surface area (TPSA) is 70.5 Å². The van der Waals surface area contributed by atoms with Gasteiger partial charge in [0.05, 0.1) is 11.4 Å². The molecule has 1 heterocycles. The van der Waals surface area contributed by atoms with Gasteiger partial charge < -0.3 is 10.0 Å². The van der Waals surface area contributed by atoms with Crippen LogP contribution in [0.15, 0.2) is 0 Å². The predicted octanol–water partition coefficient (Wildman–Crippen LogP) is 1.31. The number of carboxylic acid groups (broad SMARTS) is 1. The second kappa shape index (κ2) is 5.07. The molecule has 0 aromatic carbocycles. The molecule has 0 saturated carbocycles. The summed E-state index contributed by atoms with van der Waals surface area (Å²) in [5.41, 5.74) is 0.426. The number of carbonyl (C=O) groups is 2. The Hall–Kier alpha value is -1.43. The van der Waals surface area contributed by atoms with Gasteiger partial charge in [0, 0.05) is 18.5 Å². The van der Waals surface area contributed by atoms with Gasteiger partial charge in [-0.25, -0.2) is 4.98 Å². The van der Waals surface area contributed by atoms with Crippen LogP contribution in [-0.2, 0) is 4.79 Å². The van der Waals surface area contributed by atoms with Gasteiger partial charge in [0.15, 0.2) is 0 Å². The number of rotatable bonds is 4. The van der Waals surface area contributed by atoms with Crippen LogP contribution >= 0.6 is 11.3 Å². The van der Waals surface area contributed by atoms with Crippen LogP contribution in [0.1, 0.15) is 26.8 Å². The van der Waals surface area contributed by atoms with Crippen molar-refractivity contribution in [3.63, 3.8) is 0 Å². The fourth-order valence-corrected chi connectivity index (χ4v) is 2.08. The number of nitrogens with zero attached hydrogens (tertiary/aromatic N) is 2. The summed E-state index contributed by atoms with van der Waals surface area (Å²) < 4.78 is 0. The zero-order valence-electron chi connectivity index (χ0n) is 9.48. The lowest BCUT2D eigenvalue weighted by Gasteiger charge is -2.14. The Bertz CT molecular complexity index is 414. The lowest BCUT2D eigenvalue weighted by atomic mass is 10.3. The molecule has 0 aliphatic rings. The molecule has 16 heavy (non-hydrogen) atoms. The molecule has 0 aliphatic carbocycles. The minimum absolute atomic E-state index is 0.0512. The normalized spacial score (nSPS) is 10.2. The summed E-state index contributed by atoms with van der Waals surface area (Å²) in [5.74, 6) is -1.13. The van der Waals surface area contributed by atoms with Crippen LogP contribution in [0.4, 0.5) is 0 Å². The lowest BCUT2D eigenvalue weighted by molar-refractivity contribution is -0.137. The molecule has 88 valence electrons. The van der Waals surface area contributed by atoms with Crippen LogP contribution < -0.4 is 0 Å². The van der Waals surface area contributed by atoms with Crippen LogP contribution in [0.25, 0.3) is 0 Å². The summed E-state index contributed by atoms with van der Waals surface area (Å²) in [6.45, 7) is 3.87. The quantitative estimate of drug-likeness (QED) is 0.864. The number of thiazole rings is 1. The van der Waals surface area contributed by atoms with E-state index in [0.29, 0.717) is 5.69 Å². The van der Waals surface area contributed by atoms with Crippen molar-refractivity contribution >= 4 is 23.2 Å². The maximum Gasteiger partial charge on any atom is 0.305 e. The Kier molecular flexibility index (Phi) is 4.00. The van der Waals surface area contributed by atoms with Gasteiger partial charge in [0.1, 0.15) is 5.69 Å². The van der Waals surface area contributed by atoms with Gasteiger partial charge >= 0.3 is 5.97 Å². The number of aliphatic carboxylic acids is 1. The van der Waals surface area contributed by atoms with Crippen LogP contribution in [0.5, 0.6) is 0 Å². The highest BCUT2D eigenvalue weighted by Gasteiger charge is 2.18. The lowest BCUT2D eigenvalue weighted by Crippen LogP contribution is -2.29. The van der Waals surface area contributed by atoms with E-state index in [1.165, 1.54) is 16.2 Å². The average molecular weight is 242 g/mol. The number of hydrogen-bond acceptors (Lipinski definition) is 4. The maximum absolute atomic E-state index is 11.9. The molecule has 1 rings (SSSR count). The Morgan fingerprint density at radius 2 is 2.06 bits per heavy atom. The first-order chi connectivity index (χ1) is 7.41. The smallest absolute Gasteiger partial charge is 0.305 e. The first-order valence-electron chi connectivity index (χ1n) is 4.83. The molecule has 1 aromatic heterocycles. The molecule has 1 amide bonds. The molecule has 5 nitrogen and oxygen atoms in total. The van der Waals surface area contributed by atoms with Crippen molar-refractivity contribution in [2.45, 2.75) is 20.3 Å². The van der Waals surface area contributed by atoms with Crippen LogP contribution in [-0.4, -0.2) is 40.5 Å². The number of carboxylic acids is 1. The molecular formula is C10H14N2O3S. The molecular weight excluding hydrogens is 228 g/mol. The van der Waals surface area contributed by atoms with Gasteiger partial charge in [-0.05, 0) is 13.8 Å². The van der Waals surface area contributed by atoms with E-state index in [1.807, 2.05) is 13.8 Å². The van der Waals surface area contributed by atoms with E-state index in [1.54, 1.807) is 7.05 Å². The van der Waals surface area contributed by atoms with Crippen molar-refractivity contribution < 1.29 is 14.7 Å². The number of aromatic nitrogens is 1. The molecule has 0 bridgehead atoms. The molecule has 0 saturated heterocycles. The van der Waals surface area contributed by atoms with Gasteiger partial charge in [-0.15, -0.1) is 11.3 Å². The first kappa shape index (κ1) is 12.6. The first-order valence-corrected chi connectivity index (χ1v) is 5.64. The van der Waals surface area contributed by atoms with Crippen molar-refractivity contribution in [2.75, 3.05) is 13.6 Å². The minimum Gasteiger partial charge on any atom is -0.481 e. The highest BCUT2D eigenvalue weighted by atomic mass is 32.1. The van der Waals surface area contributed by atoms with Crippen LogP contribution in [0, 0.1) is 13.8 Å². The average Bonchev–Trinajstić information content (AvgIpc) is 2.53. The maximum atomic E-state index is 11.9. The Morgan fingerprint density at radius 3 is 2.50 bits per heavy atom. The molecule has 1 N–H and O–H groups in total. The number of carbonyl (C=O) groups excluding carboxylic acids is 1. The molecule has 0 aliphatic heterocycles. The van der Waals surface area contributed by atoms with Crippen molar-refractivity contribution in [1.29, 1.82) is 0 Å². The second-order valence-corrected chi connectivity index (χ2v) is 4.92. The molecule has 0 atom stereocenters. The van der Waals surface area contributed by atoms with E-state index in [2.05, 4.69) is 4.98 Å². The number of hydrogen-bond donors (Lipinski definition) is 1. The summed E-state index contributed by atoms with van der Waals surface area (Å²) in [5, 5.41) is 9.36. The summed E-state index contributed by atoms with van der Waals surface area (Å²) in [4.78, 5) is 28.6. The third-order valence-electron chi connectivity index (χ3n) is 2.11. The highest BCUT2D eigenvalue weighted by molar-refractivity contribution is 7.11. The largest absolute Gasteiger partial charge is 0.481 e. The van der Waals surface area contributed by atoms with E-state index >= 15 is 0 Å². The number of aryl methyl sites for hydroxylation is 2. The predicted molar refractivity (Wildman–Crippen MR) is 60.8 cm³/mol. The van der Waals surface area contributed by atoms with E-state index in [4.69, 9.17) is 5.11 Å². The van der Waals surface area contributed by atoms with Crippen LogP contribution in [0.2, 0.25) is 0 Å². The molecule has 1 aromatic rings. The third-order valence-corrected chi connectivity index (χ3v) is 3.00. The van der Waals surface area contributed by atoms with E-state index in [9.17, 15) is 9.59 Å². The Morgan fingerprint density at radius 1 is 1.44 bits per heavy atom. The van der Waals surface area contributed by atoms with Gasteiger partial charge in [0.25, 0.3) is 5.91 Å². The van der Waals surface area contributed by atoms with Gasteiger partial charge in [-0.3, -0.25) is 9.59 Å². The molecule has 6 heteroatoms. The zero-order chi connectivity index (χ0) is 12.3. The van der Waals surface area contributed by atoms with Crippen molar-refractivity contribution in [3.05, 3.63) is 15.6 Å². The fourth-order valence-electron chi connectivity index (χ4n) is 1.27. The monoisotopic (exact) mass is 242 g/mol. The van der Waals surface area contributed by atoms with Crippen LogP contribution in [0.3, 0.4) is 0 Å². The Balaban J connectivity index is 2.70. The summed E-state index contributed by atoms with van der Waals surface area (Å²) in [7, 11) is 1.58. The van der Waals surface area contributed by atoms with Crippen molar-refractivity contribution in [1.82, 2.24) is 9.88 Å². The Labute approximate surface area is 97.7 Å². The van der Waals surface area contributed by atoms with Gasteiger partial charge in [0.2, 0.25) is 0 Å².